The number of esters is 1. The number of hydrogen-bond acceptors (Lipinski definition) is 5. The van der Waals surface area contributed by atoms with E-state index in [4.69, 9.17) is 14.2 Å². The third kappa shape index (κ3) is 5.48. The average Bonchev–Trinajstić information content (AvgIpc) is 2.71. The third-order valence-electron chi connectivity index (χ3n) is 4.23. The Morgan fingerprint density at radius 2 is 1.81 bits per heavy atom. The Morgan fingerprint density at radius 1 is 1.11 bits per heavy atom. The second-order valence-electron chi connectivity index (χ2n) is 6.46. The van der Waals surface area contributed by atoms with E-state index in [1.165, 1.54) is 5.56 Å². The van der Waals surface area contributed by atoms with Gasteiger partial charge < -0.3 is 19.5 Å². The quantitative estimate of drug-likeness (QED) is 0.759. The van der Waals surface area contributed by atoms with E-state index in [0.29, 0.717) is 11.5 Å². The molecule has 0 radical (unpaired) electrons. The van der Waals surface area contributed by atoms with Gasteiger partial charge in [0.1, 0.15) is 6.61 Å². The first-order valence-corrected chi connectivity index (χ1v) is 9.00. The van der Waals surface area contributed by atoms with E-state index in [9.17, 15) is 9.59 Å². The standard InChI is InChI=1S/C21H23NO5/c1-15(11-12-16-7-3-2-4-8-16)22-20(23)14-26-21(24)19-13-25-17-9-5-6-10-18(17)27-19/h2-10,15,19H,11-14H2,1H3,(H,22,23)/t15-,19+/m1/s1. The first kappa shape index (κ1) is 18.8. The van der Waals surface area contributed by atoms with Crippen LogP contribution >= 0.6 is 0 Å². The molecule has 0 spiro atoms. The van der Waals surface area contributed by atoms with Gasteiger partial charge in [-0.05, 0) is 37.5 Å². The van der Waals surface area contributed by atoms with E-state index < -0.39 is 12.1 Å². The van der Waals surface area contributed by atoms with Crippen LogP contribution in [0, 0.1) is 0 Å². The summed E-state index contributed by atoms with van der Waals surface area (Å²) in [5.41, 5.74) is 1.22. The van der Waals surface area contributed by atoms with E-state index in [1.807, 2.05) is 31.2 Å². The van der Waals surface area contributed by atoms with Crippen LogP contribution in [0.2, 0.25) is 0 Å². The molecule has 27 heavy (non-hydrogen) atoms. The Kier molecular flexibility index (Phi) is 6.30. The van der Waals surface area contributed by atoms with Crippen LogP contribution in [-0.2, 0) is 20.7 Å². The Labute approximate surface area is 158 Å². The number of amides is 1. The molecule has 0 fully saturated rings. The summed E-state index contributed by atoms with van der Waals surface area (Å²) < 4.78 is 16.1. The van der Waals surface area contributed by atoms with Crippen molar-refractivity contribution in [2.75, 3.05) is 13.2 Å². The van der Waals surface area contributed by atoms with Crippen molar-refractivity contribution in [2.24, 2.45) is 0 Å². The van der Waals surface area contributed by atoms with Crippen molar-refractivity contribution in [3.63, 3.8) is 0 Å². The molecule has 6 heteroatoms. The van der Waals surface area contributed by atoms with Crippen LogP contribution in [0.3, 0.4) is 0 Å². The van der Waals surface area contributed by atoms with Crippen molar-refractivity contribution in [1.29, 1.82) is 0 Å². The fourth-order valence-electron chi connectivity index (χ4n) is 2.78. The highest BCUT2D eigenvalue weighted by molar-refractivity contribution is 5.82. The van der Waals surface area contributed by atoms with Gasteiger partial charge in [0.25, 0.3) is 5.91 Å². The topological polar surface area (TPSA) is 73.9 Å². The maximum Gasteiger partial charge on any atom is 0.351 e. The summed E-state index contributed by atoms with van der Waals surface area (Å²) in [5.74, 6) is 0.133. The first-order valence-electron chi connectivity index (χ1n) is 9.00. The maximum absolute atomic E-state index is 12.1. The largest absolute Gasteiger partial charge is 0.485 e. The van der Waals surface area contributed by atoms with Crippen molar-refractivity contribution in [3.05, 3.63) is 60.2 Å². The van der Waals surface area contributed by atoms with Crippen LogP contribution in [0.15, 0.2) is 54.6 Å². The Hall–Kier alpha value is -3.02. The van der Waals surface area contributed by atoms with Gasteiger partial charge in [0.05, 0.1) is 0 Å². The summed E-state index contributed by atoms with van der Waals surface area (Å²) in [7, 11) is 0. The molecular formula is C21H23NO5. The normalized spacial score (nSPS) is 16.3. The van der Waals surface area contributed by atoms with Crippen LogP contribution in [0.1, 0.15) is 18.9 Å². The monoisotopic (exact) mass is 369 g/mol. The van der Waals surface area contributed by atoms with E-state index >= 15 is 0 Å². The zero-order valence-corrected chi connectivity index (χ0v) is 15.2. The molecule has 2 aromatic carbocycles. The molecule has 0 saturated heterocycles. The van der Waals surface area contributed by atoms with Gasteiger partial charge in [0.15, 0.2) is 18.1 Å². The predicted molar refractivity (Wildman–Crippen MR) is 99.7 cm³/mol. The highest BCUT2D eigenvalue weighted by atomic mass is 16.6. The number of fused-ring (bicyclic) bond motifs is 1. The molecule has 0 unspecified atom stereocenters. The summed E-state index contributed by atoms with van der Waals surface area (Å²) in [5, 5.41) is 2.84. The predicted octanol–water partition coefficient (Wildman–Crippen LogP) is 2.51. The van der Waals surface area contributed by atoms with E-state index in [-0.39, 0.29) is 25.2 Å². The van der Waals surface area contributed by atoms with Crippen molar-refractivity contribution < 1.29 is 23.8 Å². The number of benzene rings is 2. The van der Waals surface area contributed by atoms with E-state index in [2.05, 4.69) is 17.4 Å². The number of para-hydroxylation sites is 2. The van der Waals surface area contributed by atoms with Gasteiger partial charge in [0, 0.05) is 6.04 Å². The smallest absolute Gasteiger partial charge is 0.351 e. The van der Waals surface area contributed by atoms with Gasteiger partial charge >= 0.3 is 5.97 Å². The number of hydrogen-bond donors (Lipinski definition) is 1. The van der Waals surface area contributed by atoms with Crippen LogP contribution in [0.4, 0.5) is 0 Å². The molecular weight excluding hydrogens is 346 g/mol. The van der Waals surface area contributed by atoms with Gasteiger partial charge in [-0.25, -0.2) is 4.79 Å². The van der Waals surface area contributed by atoms with E-state index in [1.54, 1.807) is 18.2 Å². The number of carbonyl (C=O) groups excluding carboxylic acids is 2. The fourth-order valence-corrected chi connectivity index (χ4v) is 2.78. The van der Waals surface area contributed by atoms with Gasteiger partial charge in [-0.1, -0.05) is 42.5 Å². The molecule has 142 valence electrons. The molecule has 3 rings (SSSR count). The van der Waals surface area contributed by atoms with Crippen molar-refractivity contribution in [2.45, 2.75) is 31.9 Å². The highest BCUT2D eigenvalue weighted by Crippen LogP contribution is 2.31. The van der Waals surface area contributed by atoms with Crippen LogP contribution in [0.25, 0.3) is 0 Å². The minimum absolute atomic E-state index is 0.0162. The lowest BCUT2D eigenvalue weighted by Crippen LogP contribution is -2.41. The molecule has 1 heterocycles. The van der Waals surface area contributed by atoms with Crippen LogP contribution in [-0.4, -0.2) is 37.2 Å². The summed E-state index contributed by atoms with van der Waals surface area (Å²) in [6.07, 6.45) is 0.803. The summed E-state index contributed by atoms with van der Waals surface area (Å²) in [6, 6.07) is 17.2. The summed E-state index contributed by atoms with van der Waals surface area (Å²) in [6.45, 7) is 1.65. The van der Waals surface area contributed by atoms with Crippen LogP contribution < -0.4 is 14.8 Å². The highest BCUT2D eigenvalue weighted by Gasteiger charge is 2.29. The van der Waals surface area contributed by atoms with Crippen molar-refractivity contribution in [1.82, 2.24) is 5.32 Å². The molecule has 2 aromatic rings. The number of carbonyl (C=O) groups is 2. The number of aryl methyl sites for hydroxylation is 1. The summed E-state index contributed by atoms with van der Waals surface area (Å²) >= 11 is 0. The second kappa shape index (κ2) is 9.07. The molecule has 1 amide bonds. The van der Waals surface area contributed by atoms with Gasteiger partial charge in [0.2, 0.25) is 6.10 Å². The molecule has 6 nitrogen and oxygen atoms in total. The molecule has 1 aliphatic heterocycles. The number of rotatable bonds is 7. The first-order chi connectivity index (χ1) is 13.1. The maximum atomic E-state index is 12.1. The number of ether oxygens (including phenoxy) is 3. The van der Waals surface area contributed by atoms with Gasteiger partial charge in [-0.15, -0.1) is 0 Å². The molecule has 2 atom stereocenters. The Balaban J connectivity index is 1.38. The fraction of sp³-hybridized carbons (Fsp3) is 0.333. The molecule has 0 saturated carbocycles. The lowest BCUT2D eigenvalue weighted by atomic mass is 10.1. The second-order valence-corrected chi connectivity index (χ2v) is 6.46. The molecule has 0 aromatic heterocycles. The summed E-state index contributed by atoms with van der Waals surface area (Å²) in [4.78, 5) is 24.1. The Bertz CT molecular complexity index is 777. The minimum Gasteiger partial charge on any atom is -0.485 e. The molecule has 1 N–H and O–H groups in total. The van der Waals surface area contributed by atoms with Crippen LogP contribution in [0.5, 0.6) is 11.5 Å². The van der Waals surface area contributed by atoms with Gasteiger partial charge in [-0.3, -0.25) is 4.79 Å². The third-order valence-corrected chi connectivity index (χ3v) is 4.23. The lowest BCUT2D eigenvalue weighted by Gasteiger charge is -2.24. The zero-order chi connectivity index (χ0) is 19.1. The molecule has 0 aliphatic carbocycles. The van der Waals surface area contributed by atoms with Crippen molar-refractivity contribution in [3.8, 4) is 11.5 Å². The Morgan fingerprint density at radius 3 is 2.59 bits per heavy atom. The average molecular weight is 369 g/mol. The van der Waals surface area contributed by atoms with Crippen molar-refractivity contribution >= 4 is 11.9 Å². The molecule has 0 bridgehead atoms. The SMILES string of the molecule is C[C@H](CCc1ccccc1)NC(=O)COC(=O)[C@@H]1COc2ccccc2O1. The zero-order valence-electron chi connectivity index (χ0n) is 15.2. The lowest BCUT2D eigenvalue weighted by molar-refractivity contribution is -0.157. The molecule has 1 aliphatic rings. The minimum atomic E-state index is -0.872. The number of nitrogens with one attached hydrogen (secondary N) is 1. The van der Waals surface area contributed by atoms with E-state index in [0.717, 1.165) is 12.8 Å². The van der Waals surface area contributed by atoms with Gasteiger partial charge in [-0.2, -0.15) is 0 Å².